The molecule has 0 saturated heterocycles. The van der Waals surface area contributed by atoms with Gasteiger partial charge >= 0.3 is 6.18 Å². The molecule has 0 amide bonds. The van der Waals surface area contributed by atoms with Crippen molar-refractivity contribution in [2.24, 2.45) is 0 Å². The molecule has 102 valence electrons. The van der Waals surface area contributed by atoms with Crippen LogP contribution < -0.4 is 0 Å². The molecule has 0 atom stereocenters. The highest BCUT2D eigenvalue weighted by atomic mass is 35.5. The summed E-state index contributed by atoms with van der Waals surface area (Å²) < 4.78 is 43.8. The lowest BCUT2D eigenvalue weighted by atomic mass is 10.0. The smallest absolute Gasteiger partial charge is 0.380 e. The molecule has 0 bridgehead atoms. The van der Waals surface area contributed by atoms with Gasteiger partial charge in [0.25, 0.3) is 0 Å². The van der Waals surface area contributed by atoms with Crippen LogP contribution >= 0.6 is 11.6 Å². The van der Waals surface area contributed by atoms with Gasteiger partial charge in [-0.05, 0) is 30.2 Å². The quantitative estimate of drug-likeness (QED) is 0.819. The van der Waals surface area contributed by atoms with E-state index < -0.39 is 11.7 Å². The normalized spacial score (nSPS) is 12.1. The molecule has 1 aromatic carbocycles. The molecule has 0 N–H and O–H groups in total. The zero-order chi connectivity index (χ0) is 14.2. The maximum atomic E-state index is 12.9. The molecule has 0 radical (unpaired) electrons. The molecule has 6 heteroatoms. The number of ether oxygens (including phenoxy) is 1. The van der Waals surface area contributed by atoms with Gasteiger partial charge in [0, 0.05) is 18.7 Å². The maximum Gasteiger partial charge on any atom is 0.418 e. The van der Waals surface area contributed by atoms with Crippen molar-refractivity contribution in [2.45, 2.75) is 19.7 Å². The second kappa shape index (κ2) is 4.98. The molecule has 2 aromatic rings. The standard InChI is InChI=1S/C13H11ClF3NO/c1-7-8(6-19-2)5-18-12-9(13(15,16)17)3-4-10(14)11(7)12/h3-5H,6H2,1-2H3. The van der Waals surface area contributed by atoms with Gasteiger partial charge in [0.05, 0.1) is 22.7 Å². The first-order valence-corrected chi connectivity index (χ1v) is 5.87. The fourth-order valence-corrected chi connectivity index (χ4v) is 2.28. The molecule has 2 nitrogen and oxygen atoms in total. The molecule has 0 spiro atoms. The Morgan fingerprint density at radius 3 is 2.58 bits per heavy atom. The molecular formula is C13H11ClF3NO. The van der Waals surface area contributed by atoms with Crippen molar-refractivity contribution < 1.29 is 17.9 Å². The third-order valence-electron chi connectivity index (χ3n) is 2.94. The van der Waals surface area contributed by atoms with Crippen molar-refractivity contribution in [2.75, 3.05) is 7.11 Å². The molecular weight excluding hydrogens is 279 g/mol. The average molecular weight is 290 g/mol. The van der Waals surface area contributed by atoms with Crippen LogP contribution in [0, 0.1) is 6.92 Å². The number of aromatic nitrogens is 1. The molecule has 1 heterocycles. The lowest BCUT2D eigenvalue weighted by molar-refractivity contribution is -0.136. The van der Waals surface area contributed by atoms with Gasteiger partial charge in [0.15, 0.2) is 0 Å². The van der Waals surface area contributed by atoms with Crippen LogP contribution in [0.5, 0.6) is 0 Å². The molecule has 0 unspecified atom stereocenters. The third kappa shape index (κ3) is 2.53. The first-order valence-electron chi connectivity index (χ1n) is 5.49. The zero-order valence-corrected chi connectivity index (χ0v) is 11.1. The fourth-order valence-electron chi connectivity index (χ4n) is 1.99. The first kappa shape index (κ1) is 14.1. The molecule has 0 aliphatic rings. The zero-order valence-electron chi connectivity index (χ0n) is 10.3. The minimum atomic E-state index is -4.45. The van der Waals surface area contributed by atoms with Gasteiger partial charge in [0.2, 0.25) is 0 Å². The number of halogens is 4. The Kier molecular flexibility index (Phi) is 3.69. The van der Waals surface area contributed by atoms with Crippen LogP contribution in [0.15, 0.2) is 18.3 Å². The van der Waals surface area contributed by atoms with Gasteiger partial charge in [0.1, 0.15) is 0 Å². The van der Waals surface area contributed by atoms with Crippen molar-refractivity contribution in [3.05, 3.63) is 40.0 Å². The summed E-state index contributed by atoms with van der Waals surface area (Å²) in [5, 5.41) is 0.581. The number of benzene rings is 1. The summed E-state index contributed by atoms with van der Waals surface area (Å²) in [6.45, 7) is 1.99. The number of fused-ring (bicyclic) bond motifs is 1. The summed E-state index contributed by atoms with van der Waals surface area (Å²) in [6, 6.07) is 2.20. The van der Waals surface area contributed by atoms with Crippen molar-refractivity contribution >= 4 is 22.5 Å². The second-order valence-corrected chi connectivity index (χ2v) is 4.56. The van der Waals surface area contributed by atoms with Crippen LogP contribution in [-0.4, -0.2) is 12.1 Å². The first-order chi connectivity index (χ1) is 8.86. The summed E-state index contributed by atoms with van der Waals surface area (Å²) >= 11 is 6.01. The molecule has 2 rings (SSSR count). The number of hydrogen-bond donors (Lipinski definition) is 0. The van der Waals surface area contributed by atoms with Gasteiger partial charge in [-0.15, -0.1) is 0 Å². The molecule has 1 aromatic heterocycles. The van der Waals surface area contributed by atoms with Gasteiger partial charge in [-0.25, -0.2) is 0 Å². The number of methoxy groups -OCH3 is 1. The Labute approximate surface area is 113 Å². The van der Waals surface area contributed by atoms with E-state index in [1.807, 2.05) is 0 Å². The Hall–Kier alpha value is -1.33. The van der Waals surface area contributed by atoms with Crippen LogP contribution in [0.1, 0.15) is 16.7 Å². The minimum Gasteiger partial charge on any atom is -0.380 e. The highest BCUT2D eigenvalue weighted by molar-refractivity contribution is 6.35. The molecule has 0 aliphatic carbocycles. The van der Waals surface area contributed by atoms with E-state index in [1.54, 1.807) is 6.92 Å². The summed E-state index contributed by atoms with van der Waals surface area (Å²) in [5.74, 6) is 0. The van der Waals surface area contributed by atoms with Crippen LogP contribution in [0.3, 0.4) is 0 Å². The molecule has 0 fully saturated rings. The summed E-state index contributed by atoms with van der Waals surface area (Å²) in [6.07, 6.45) is -3.06. The Bertz CT molecular complexity index is 625. The molecule has 19 heavy (non-hydrogen) atoms. The topological polar surface area (TPSA) is 22.1 Å². The number of rotatable bonds is 2. The van der Waals surface area contributed by atoms with Crippen molar-refractivity contribution in [3.8, 4) is 0 Å². The Balaban J connectivity index is 2.80. The minimum absolute atomic E-state index is 0.127. The highest BCUT2D eigenvalue weighted by Gasteiger charge is 2.34. The Morgan fingerprint density at radius 1 is 1.32 bits per heavy atom. The van der Waals surface area contributed by atoms with E-state index in [1.165, 1.54) is 19.4 Å². The van der Waals surface area contributed by atoms with Crippen molar-refractivity contribution in [1.82, 2.24) is 4.98 Å². The van der Waals surface area contributed by atoms with Crippen LogP contribution in [0.2, 0.25) is 5.02 Å². The van der Waals surface area contributed by atoms with Gasteiger partial charge in [-0.3, -0.25) is 4.98 Å². The Morgan fingerprint density at radius 2 is 2.00 bits per heavy atom. The summed E-state index contributed by atoms with van der Waals surface area (Å²) in [4.78, 5) is 3.90. The van der Waals surface area contributed by atoms with E-state index >= 15 is 0 Å². The average Bonchev–Trinajstić information content (AvgIpc) is 2.31. The predicted octanol–water partition coefficient (Wildman–Crippen LogP) is 4.36. The second-order valence-electron chi connectivity index (χ2n) is 4.16. The predicted molar refractivity (Wildman–Crippen MR) is 67.2 cm³/mol. The fraction of sp³-hybridized carbons (Fsp3) is 0.308. The van der Waals surface area contributed by atoms with E-state index in [9.17, 15) is 13.2 Å². The number of hydrogen-bond acceptors (Lipinski definition) is 2. The van der Waals surface area contributed by atoms with E-state index in [0.717, 1.165) is 11.6 Å². The van der Waals surface area contributed by atoms with Crippen molar-refractivity contribution in [1.29, 1.82) is 0 Å². The van der Waals surface area contributed by atoms with E-state index in [0.29, 0.717) is 10.9 Å². The number of alkyl halides is 3. The van der Waals surface area contributed by atoms with Crippen LogP contribution in [-0.2, 0) is 17.5 Å². The van der Waals surface area contributed by atoms with Gasteiger partial charge < -0.3 is 4.74 Å². The lowest BCUT2D eigenvalue weighted by Crippen LogP contribution is -2.08. The van der Waals surface area contributed by atoms with E-state index in [4.69, 9.17) is 16.3 Å². The van der Waals surface area contributed by atoms with Crippen LogP contribution in [0.25, 0.3) is 10.9 Å². The van der Waals surface area contributed by atoms with Gasteiger partial charge in [-0.2, -0.15) is 13.2 Å². The van der Waals surface area contributed by atoms with E-state index in [-0.39, 0.29) is 17.1 Å². The monoisotopic (exact) mass is 289 g/mol. The molecule has 0 saturated carbocycles. The van der Waals surface area contributed by atoms with Gasteiger partial charge in [-0.1, -0.05) is 11.6 Å². The lowest BCUT2D eigenvalue weighted by Gasteiger charge is -2.14. The summed E-state index contributed by atoms with van der Waals surface area (Å²) in [5.41, 5.74) is 0.468. The third-order valence-corrected chi connectivity index (χ3v) is 3.25. The largest absolute Gasteiger partial charge is 0.418 e. The molecule has 0 aliphatic heterocycles. The van der Waals surface area contributed by atoms with Crippen molar-refractivity contribution in [3.63, 3.8) is 0 Å². The highest BCUT2D eigenvalue weighted by Crippen LogP contribution is 2.38. The van der Waals surface area contributed by atoms with E-state index in [2.05, 4.69) is 4.98 Å². The summed E-state index contributed by atoms with van der Waals surface area (Å²) in [7, 11) is 1.51. The number of pyridine rings is 1. The SMILES string of the molecule is COCc1cnc2c(C(F)(F)F)ccc(Cl)c2c1C. The number of nitrogens with zero attached hydrogens (tertiary/aromatic N) is 1. The number of aryl methyl sites for hydroxylation is 1. The van der Waals surface area contributed by atoms with Crippen LogP contribution in [0.4, 0.5) is 13.2 Å². The maximum absolute atomic E-state index is 12.9.